The summed E-state index contributed by atoms with van der Waals surface area (Å²) in [6.07, 6.45) is -4.39. The molecule has 6 heteroatoms. The minimum absolute atomic E-state index is 0.132. The first kappa shape index (κ1) is 14.0. The first-order valence-electron chi connectivity index (χ1n) is 6.25. The van der Waals surface area contributed by atoms with Crippen molar-refractivity contribution in [2.24, 2.45) is 0 Å². The van der Waals surface area contributed by atoms with Crippen LogP contribution in [0.4, 0.5) is 24.5 Å². The standard InChI is InChI=1S/C13H18F3N3/c1-8-6-19(7-9(2)18-8)12-4-3-10(17)5-11(12)13(14,15)16/h3-5,8-9,18H,6-7,17H2,1-2H3/t8-,9-/m1/s1. The zero-order valence-corrected chi connectivity index (χ0v) is 11.0. The topological polar surface area (TPSA) is 41.3 Å². The van der Waals surface area contributed by atoms with E-state index in [2.05, 4.69) is 5.32 Å². The summed E-state index contributed by atoms with van der Waals surface area (Å²) >= 11 is 0. The fourth-order valence-electron chi connectivity index (χ4n) is 2.58. The second-order valence-corrected chi connectivity index (χ2v) is 5.15. The number of anilines is 2. The number of nitrogens with one attached hydrogen (secondary N) is 1. The van der Waals surface area contributed by atoms with Crippen molar-refractivity contribution in [3.63, 3.8) is 0 Å². The van der Waals surface area contributed by atoms with Crippen LogP contribution >= 0.6 is 0 Å². The predicted octanol–water partition coefficient (Wildman–Crippen LogP) is 2.47. The summed E-state index contributed by atoms with van der Waals surface area (Å²) in [5.74, 6) is 0. The smallest absolute Gasteiger partial charge is 0.399 e. The van der Waals surface area contributed by atoms with Crippen LogP contribution in [-0.4, -0.2) is 25.2 Å². The average Bonchev–Trinajstić information content (AvgIpc) is 2.26. The SMILES string of the molecule is C[C@@H]1CN(c2ccc(N)cc2C(F)(F)F)C[C@@H](C)N1. The van der Waals surface area contributed by atoms with Crippen molar-refractivity contribution in [1.29, 1.82) is 0 Å². The first-order valence-corrected chi connectivity index (χ1v) is 6.25. The number of nitrogens with zero attached hydrogens (tertiary/aromatic N) is 1. The Hall–Kier alpha value is -1.43. The number of hydrogen-bond acceptors (Lipinski definition) is 3. The zero-order valence-electron chi connectivity index (χ0n) is 11.0. The number of hydrogen-bond donors (Lipinski definition) is 2. The highest BCUT2D eigenvalue weighted by Crippen LogP contribution is 2.38. The molecule has 106 valence electrons. The van der Waals surface area contributed by atoms with E-state index in [1.807, 2.05) is 13.8 Å². The highest BCUT2D eigenvalue weighted by Gasteiger charge is 2.36. The van der Waals surface area contributed by atoms with Crippen molar-refractivity contribution in [2.75, 3.05) is 23.7 Å². The van der Waals surface area contributed by atoms with Crippen LogP contribution in [0.5, 0.6) is 0 Å². The largest absolute Gasteiger partial charge is 0.418 e. The molecule has 0 aromatic heterocycles. The van der Waals surface area contributed by atoms with Crippen molar-refractivity contribution in [1.82, 2.24) is 5.32 Å². The maximum atomic E-state index is 13.1. The van der Waals surface area contributed by atoms with E-state index >= 15 is 0 Å². The van der Waals surface area contributed by atoms with E-state index in [0.29, 0.717) is 13.1 Å². The summed E-state index contributed by atoms with van der Waals surface area (Å²) in [6, 6.07) is 4.29. The first-order chi connectivity index (χ1) is 8.77. The molecule has 0 spiro atoms. The van der Waals surface area contributed by atoms with Crippen LogP contribution in [0.3, 0.4) is 0 Å². The molecule has 0 aliphatic carbocycles. The van der Waals surface area contributed by atoms with Gasteiger partial charge in [0.05, 0.1) is 5.56 Å². The highest BCUT2D eigenvalue weighted by atomic mass is 19.4. The molecule has 1 heterocycles. The fourth-order valence-corrected chi connectivity index (χ4v) is 2.58. The number of benzene rings is 1. The second kappa shape index (κ2) is 4.92. The summed E-state index contributed by atoms with van der Waals surface area (Å²) in [5, 5.41) is 3.30. The lowest BCUT2D eigenvalue weighted by atomic mass is 10.1. The number of piperazine rings is 1. The van der Waals surface area contributed by atoms with Crippen LogP contribution in [0.2, 0.25) is 0 Å². The van der Waals surface area contributed by atoms with E-state index in [4.69, 9.17) is 5.73 Å². The highest BCUT2D eigenvalue weighted by molar-refractivity contribution is 5.61. The Labute approximate surface area is 110 Å². The lowest BCUT2D eigenvalue weighted by molar-refractivity contribution is -0.137. The molecule has 1 saturated heterocycles. The molecule has 2 rings (SSSR count). The van der Waals surface area contributed by atoms with E-state index < -0.39 is 11.7 Å². The summed E-state index contributed by atoms with van der Waals surface area (Å²) in [6.45, 7) is 5.04. The maximum absolute atomic E-state index is 13.1. The Morgan fingerprint density at radius 3 is 2.32 bits per heavy atom. The molecule has 0 radical (unpaired) electrons. The number of rotatable bonds is 1. The average molecular weight is 273 g/mol. The summed E-state index contributed by atoms with van der Waals surface area (Å²) in [7, 11) is 0. The molecule has 0 bridgehead atoms. The van der Waals surface area contributed by atoms with Gasteiger partial charge in [0.1, 0.15) is 0 Å². The summed E-state index contributed by atoms with van der Waals surface area (Å²) < 4.78 is 39.2. The normalized spacial score (nSPS) is 24.6. The van der Waals surface area contributed by atoms with Crippen molar-refractivity contribution in [3.8, 4) is 0 Å². The van der Waals surface area contributed by atoms with Gasteiger partial charge in [0.25, 0.3) is 0 Å². The molecular formula is C13H18F3N3. The van der Waals surface area contributed by atoms with Crippen molar-refractivity contribution < 1.29 is 13.2 Å². The third-order valence-electron chi connectivity index (χ3n) is 3.22. The molecule has 1 aromatic rings. The molecule has 1 fully saturated rings. The molecule has 19 heavy (non-hydrogen) atoms. The van der Waals surface area contributed by atoms with Gasteiger partial charge < -0.3 is 16.0 Å². The monoisotopic (exact) mass is 273 g/mol. The lowest BCUT2D eigenvalue weighted by Gasteiger charge is -2.38. The molecule has 1 aliphatic rings. The fraction of sp³-hybridized carbons (Fsp3) is 0.538. The molecule has 0 saturated carbocycles. The molecule has 3 nitrogen and oxygen atoms in total. The third kappa shape index (κ3) is 3.12. The maximum Gasteiger partial charge on any atom is 0.418 e. The van der Waals surface area contributed by atoms with Crippen LogP contribution in [0.25, 0.3) is 0 Å². The molecular weight excluding hydrogens is 255 g/mol. The molecule has 1 aromatic carbocycles. The Morgan fingerprint density at radius 1 is 1.21 bits per heavy atom. The second-order valence-electron chi connectivity index (χ2n) is 5.15. The van der Waals surface area contributed by atoms with E-state index in [0.717, 1.165) is 6.07 Å². The molecule has 0 unspecified atom stereocenters. The summed E-state index contributed by atoms with van der Waals surface area (Å²) in [4.78, 5) is 1.77. The number of nitrogens with two attached hydrogens (primary N) is 1. The van der Waals surface area contributed by atoms with Crippen molar-refractivity contribution >= 4 is 11.4 Å². The van der Waals surface area contributed by atoms with Gasteiger partial charge in [-0.05, 0) is 32.0 Å². The Kier molecular flexibility index (Phi) is 3.62. The molecule has 0 amide bonds. The van der Waals surface area contributed by atoms with Gasteiger partial charge in [-0.15, -0.1) is 0 Å². The van der Waals surface area contributed by atoms with E-state index in [1.54, 1.807) is 4.90 Å². The molecule has 3 N–H and O–H groups in total. The Morgan fingerprint density at radius 2 is 1.79 bits per heavy atom. The number of alkyl halides is 3. The van der Waals surface area contributed by atoms with E-state index in [1.165, 1.54) is 12.1 Å². The van der Waals surface area contributed by atoms with E-state index in [-0.39, 0.29) is 23.5 Å². The molecule has 2 atom stereocenters. The van der Waals surface area contributed by atoms with Crippen molar-refractivity contribution in [3.05, 3.63) is 23.8 Å². The zero-order chi connectivity index (χ0) is 14.2. The minimum atomic E-state index is -4.39. The van der Waals surface area contributed by atoms with Crippen LogP contribution < -0.4 is 16.0 Å². The predicted molar refractivity (Wildman–Crippen MR) is 70.1 cm³/mol. The number of halogens is 3. The van der Waals surface area contributed by atoms with Crippen LogP contribution in [0.1, 0.15) is 19.4 Å². The van der Waals surface area contributed by atoms with Crippen LogP contribution in [0.15, 0.2) is 18.2 Å². The van der Waals surface area contributed by atoms with E-state index in [9.17, 15) is 13.2 Å². The van der Waals surface area contributed by atoms with Gasteiger partial charge in [-0.3, -0.25) is 0 Å². The van der Waals surface area contributed by atoms with Gasteiger partial charge in [0.2, 0.25) is 0 Å². The minimum Gasteiger partial charge on any atom is -0.399 e. The van der Waals surface area contributed by atoms with Gasteiger partial charge in [-0.2, -0.15) is 13.2 Å². The van der Waals surface area contributed by atoms with Gasteiger partial charge in [-0.1, -0.05) is 0 Å². The lowest BCUT2D eigenvalue weighted by Crippen LogP contribution is -2.54. The van der Waals surface area contributed by atoms with Gasteiger partial charge in [0, 0.05) is 36.5 Å². The summed E-state index contributed by atoms with van der Waals surface area (Å²) in [5.41, 5.74) is 5.16. The Bertz CT molecular complexity index is 449. The van der Waals surface area contributed by atoms with Gasteiger partial charge in [0.15, 0.2) is 0 Å². The molecule has 1 aliphatic heterocycles. The van der Waals surface area contributed by atoms with Gasteiger partial charge in [-0.25, -0.2) is 0 Å². The van der Waals surface area contributed by atoms with Crippen LogP contribution in [0, 0.1) is 0 Å². The van der Waals surface area contributed by atoms with Crippen LogP contribution in [-0.2, 0) is 6.18 Å². The number of nitrogen functional groups attached to an aromatic ring is 1. The van der Waals surface area contributed by atoms with Gasteiger partial charge >= 0.3 is 6.18 Å². The van der Waals surface area contributed by atoms with Crippen molar-refractivity contribution in [2.45, 2.75) is 32.1 Å². The third-order valence-corrected chi connectivity index (χ3v) is 3.22. The quantitative estimate of drug-likeness (QED) is 0.772. The Balaban J connectivity index is 2.39.